The Morgan fingerprint density at radius 3 is 2.83 bits per heavy atom. The molecule has 18 heavy (non-hydrogen) atoms. The Morgan fingerprint density at radius 2 is 2.00 bits per heavy atom. The van der Waals surface area contributed by atoms with E-state index in [-0.39, 0.29) is 11.5 Å². The molecule has 1 aliphatic carbocycles. The van der Waals surface area contributed by atoms with Gasteiger partial charge in [-0.3, -0.25) is 4.90 Å². The van der Waals surface area contributed by atoms with Crippen molar-refractivity contribution in [2.75, 3.05) is 26.3 Å². The molecule has 3 rings (SSSR count). The van der Waals surface area contributed by atoms with E-state index in [2.05, 4.69) is 17.1 Å². The lowest BCUT2D eigenvalue weighted by molar-refractivity contribution is -0.0439. The van der Waals surface area contributed by atoms with Crippen molar-refractivity contribution in [1.29, 1.82) is 0 Å². The van der Waals surface area contributed by atoms with Crippen LogP contribution in [0.2, 0.25) is 0 Å². The van der Waals surface area contributed by atoms with Crippen LogP contribution in [0.3, 0.4) is 0 Å². The van der Waals surface area contributed by atoms with Crippen LogP contribution in [0.4, 0.5) is 0 Å². The number of hydrogen-bond donors (Lipinski definition) is 1. The van der Waals surface area contributed by atoms with Gasteiger partial charge in [-0.15, -0.1) is 0 Å². The predicted octanol–water partition coefficient (Wildman–Crippen LogP) is 1.96. The van der Waals surface area contributed by atoms with Gasteiger partial charge in [0.05, 0.1) is 19.3 Å². The van der Waals surface area contributed by atoms with Crippen LogP contribution < -0.4 is 0 Å². The monoisotopic (exact) mass is 251 g/mol. The molecule has 3 aliphatic rings. The number of aliphatic hydroxyl groups is 1. The van der Waals surface area contributed by atoms with E-state index < -0.39 is 0 Å². The highest BCUT2D eigenvalue weighted by Crippen LogP contribution is 2.45. The molecule has 0 bridgehead atoms. The summed E-state index contributed by atoms with van der Waals surface area (Å²) in [4.78, 5) is 2.53. The summed E-state index contributed by atoms with van der Waals surface area (Å²) in [5, 5.41) is 10.8. The maximum atomic E-state index is 10.8. The third-order valence-electron chi connectivity index (χ3n) is 5.08. The van der Waals surface area contributed by atoms with E-state index in [0.29, 0.717) is 12.6 Å². The Kier molecular flexibility index (Phi) is 3.73. The number of rotatable bonds is 1. The fraction of sp³-hybridized carbons (Fsp3) is 0.867. The lowest BCUT2D eigenvalue weighted by Crippen LogP contribution is -2.48. The largest absolute Gasteiger partial charge is 0.391 e. The van der Waals surface area contributed by atoms with Crippen molar-refractivity contribution in [3.63, 3.8) is 0 Å². The summed E-state index contributed by atoms with van der Waals surface area (Å²) in [6, 6.07) is 0.375. The zero-order valence-corrected chi connectivity index (χ0v) is 11.2. The molecule has 0 aromatic heterocycles. The third kappa shape index (κ3) is 2.24. The first-order chi connectivity index (χ1) is 8.82. The van der Waals surface area contributed by atoms with Crippen LogP contribution in [-0.2, 0) is 4.74 Å². The van der Waals surface area contributed by atoms with Gasteiger partial charge in [-0.2, -0.15) is 0 Å². The second-order valence-corrected chi connectivity index (χ2v) is 6.20. The van der Waals surface area contributed by atoms with E-state index >= 15 is 0 Å². The van der Waals surface area contributed by atoms with Crippen molar-refractivity contribution in [3.05, 3.63) is 12.2 Å². The summed E-state index contributed by atoms with van der Waals surface area (Å²) >= 11 is 0. The molecule has 1 N–H and O–H groups in total. The number of likely N-dealkylation sites (tertiary alicyclic amines) is 1. The van der Waals surface area contributed by atoms with Gasteiger partial charge in [0.15, 0.2) is 0 Å². The first kappa shape index (κ1) is 12.6. The van der Waals surface area contributed by atoms with E-state index in [1.165, 1.54) is 32.4 Å². The van der Waals surface area contributed by atoms with Gasteiger partial charge in [0, 0.05) is 11.5 Å². The van der Waals surface area contributed by atoms with Crippen molar-refractivity contribution in [2.45, 2.75) is 50.7 Å². The highest BCUT2D eigenvalue weighted by Gasteiger charge is 2.49. The Hall–Kier alpha value is -0.380. The molecule has 0 aromatic carbocycles. The quantitative estimate of drug-likeness (QED) is 0.723. The molecule has 1 spiro atoms. The average molecular weight is 251 g/mol. The van der Waals surface area contributed by atoms with Crippen molar-refractivity contribution < 1.29 is 9.84 Å². The fourth-order valence-corrected chi connectivity index (χ4v) is 3.94. The van der Waals surface area contributed by atoms with Crippen molar-refractivity contribution in [3.8, 4) is 0 Å². The molecule has 3 heteroatoms. The number of allylic oxidation sites excluding steroid dienone is 1. The van der Waals surface area contributed by atoms with Crippen LogP contribution >= 0.6 is 0 Å². The maximum absolute atomic E-state index is 10.8. The van der Waals surface area contributed by atoms with Crippen molar-refractivity contribution in [1.82, 2.24) is 4.90 Å². The van der Waals surface area contributed by atoms with E-state index in [1.807, 2.05) is 0 Å². The minimum absolute atomic E-state index is 0.00485. The Bertz CT molecular complexity index is 312. The van der Waals surface area contributed by atoms with E-state index in [9.17, 15) is 5.11 Å². The summed E-state index contributed by atoms with van der Waals surface area (Å²) in [5.74, 6) is 0. The number of piperidine rings is 1. The molecular formula is C15H25NO2. The number of nitrogens with zero attached hydrogens (tertiary/aromatic N) is 1. The Morgan fingerprint density at radius 1 is 1.17 bits per heavy atom. The summed E-state index contributed by atoms with van der Waals surface area (Å²) in [6.45, 7) is 3.79. The molecule has 2 aliphatic heterocycles. The third-order valence-corrected chi connectivity index (χ3v) is 5.08. The number of hydrogen-bond acceptors (Lipinski definition) is 3. The van der Waals surface area contributed by atoms with E-state index in [0.717, 1.165) is 25.9 Å². The molecule has 3 atom stereocenters. The first-order valence-electron chi connectivity index (χ1n) is 7.47. The molecule has 0 unspecified atom stereocenters. The first-order valence-corrected chi connectivity index (χ1v) is 7.47. The Labute approximate surface area is 110 Å². The van der Waals surface area contributed by atoms with Crippen LogP contribution in [0.25, 0.3) is 0 Å². The van der Waals surface area contributed by atoms with E-state index in [4.69, 9.17) is 4.74 Å². The highest BCUT2D eigenvalue weighted by molar-refractivity contribution is 5.06. The summed E-state index contributed by atoms with van der Waals surface area (Å²) in [7, 11) is 0. The summed E-state index contributed by atoms with van der Waals surface area (Å²) in [5.41, 5.74) is -0.00485. The van der Waals surface area contributed by atoms with Crippen molar-refractivity contribution >= 4 is 0 Å². The zero-order valence-electron chi connectivity index (χ0n) is 11.2. The van der Waals surface area contributed by atoms with Crippen molar-refractivity contribution in [2.24, 2.45) is 5.41 Å². The maximum Gasteiger partial charge on any atom is 0.0776 e. The highest BCUT2D eigenvalue weighted by atomic mass is 16.5. The van der Waals surface area contributed by atoms with Crippen LogP contribution in [0.15, 0.2) is 12.2 Å². The molecule has 2 fully saturated rings. The van der Waals surface area contributed by atoms with Gasteiger partial charge >= 0.3 is 0 Å². The molecule has 1 saturated heterocycles. The Balaban J connectivity index is 1.70. The molecule has 2 heterocycles. The molecule has 3 nitrogen and oxygen atoms in total. The van der Waals surface area contributed by atoms with Crippen LogP contribution in [-0.4, -0.2) is 48.5 Å². The van der Waals surface area contributed by atoms with Gasteiger partial charge in [0.25, 0.3) is 0 Å². The minimum Gasteiger partial charge on any atom is -0.391 e. The lowest BCUT2D eigenvalue weighted by Gasteiger charge is -2.38. The SMILES string of the molecule is O[C@H]1[C@H](N2CCCCC2)CC[C@]12CC=CCOC2. The zero-order chi connectivity index (χ0) is 12.4. The van der Waals surface area contributed by atoms with Gasteiger partial charge in [-0.25, -0.2) is 0 Å². The van der Waals surface area contributed by atoms with Gasteiger partial charge < -0.3 is 9.84 Å². The van der Waals surface area contributed by atoms with Gasteiger partial charge in [-0.1, -0.05) is 18.6 Å². The normalized spacial score (nSPS) is 42.3. The summed E-state index contributed by atoms with van der Waals surface area (Å²) in [6.07, 6.45) is 11.3. The van der Waals surface area contributed by atoms with Gasteiger partial charge in [0.1, 0.15) is 0 Å². The van der Waals surface area contributed by atoms with Gasteiger partial charge in [-0.05, 0) is 45.2 Å². The minimum atomic E-state index is -0.210. The molecule has 102 valence electrons. The second kappa shape index (κ2) is 5.32. The molecular weight excluding hydrogens is 226 g/mol. The van der Waals surface area contributed by atoms with Crippen LogP contribution in [0.1, 0.15) is 38.5 Å². The molecule has 1 saturated carbocycles. The van der Waals surface area contributed by atoms with Crippen LogP contribution in [0, 0.1) is 5.41 Å². The smallest absolute Gasteiger partial charge is 0.0776 e. The average Bonchev–Trinajstić information content (AvgIpc) is 2.60. The molecule has 0 amide bonds. The standard InChI is InChI=1S/C15H25NO2/c17-14-13(16-9-3-1-4-10-16)6-8-15(14)7-2-5-11-18-12-15/h2,5,13-14,17H,1,3-4,6-12H2/t13-,14+,15+/m1/s1. The molecule has 0 aromatic rings. The second-order valence-electron chi connectivity index (χ2n) is 6.20. The topological polar surface area (TPSA) is 32.7 Å². The van der Waals surface area contributed by atoms with Gasteiger partial charge in [0.2, 0.25) is 0 Å². The molecule has 0 radical (unpaired) electrons. The van der Waals surface area contributed by atoms with E-state index in [1.54, 1.807) is 0 Å². The number of ether oxygens (including phenoxy) is 1. The summed E-state index contributed by atoms with van der Waals surface area (Å²) < 4.78 is 5.67. The fourth-order valence-electron chi connectivity index (χ4n) is 3.94. The number of aliphatic hydroxyl groups excluding tert-OH is 1. The van der Waals surface area contributed by atoms with Crippen LogP contribution in [0.5, 0.6) is 0 Å². The predicted molar refractivity (Wildman–Crippen MR) is 71.5 cm³/mol. The lowest BCUT2D eigenvalue weighted by atomic mass is 9.81.